The minimum atomic E-state index is 0.244. The molecule has 0 amide bonds. The van der Waals surface area contributed by atoms with E-state index in [1.165, 1.54) is 0 Å². The molecule has 0 unspecified atom stereocenters. The van der Waals surface area contributed by atoms with E-state index in [1.54, 1.807) is 0 Å². The van der Waals surface area contributed by atoms with Crippen molar-refractivity contribution in [1.82, 2.24) is 15.0 Å². The molecule has 0 aliphatic carbocycles. The number of rotatable bonds is 6. The van der Waals surface area contributed by atoms with Crippen molar-refractivity contribution in [3.05, 3.63) is 30.3 Å². The Morgan fingerprint density at radius 3 is 2.73 bits per heavy atom. The van der Waals surface area contributed by atoms with Gasteiger partial charge in [0, 0.05) is 18.7 Å². The van der Waals surface area contributed by atoms with E-state index in [1.807, 2.05) is 30.3 Å². The predicted molar refractivity (Wildman–Crippen MR) is 84.5 cm³/mol. The van der Waals surface area contributed by atoms with Gasteiger partial charge in [0.1, 0.15) is 0 Å². The van der Waals surface area contributed by atoms with Crippen LogP contribution in [-0.4, -0.2) is 52.9 Å². The molecule has 0 saturated carbocycles. The second kappa shape index (κ2) is 7.38. The van der Waals surface area contributed by atoms with Crippen molar-refractivity contribution < 1.29 is 9.63 Å². The van der Waals surface area contributed by atoms with Crippen LogP contribution in [0.25, 0.3) is 11.5 Å². The molecule has 1 fully saturated rings. The van der Waals surface area contributed by atoms with E-state index >= 15 is 0 Å². The summed E-state index contributed by atoms with van der Waals surface area (Å²) in [7, 11) is 0. The van der Waals surface area contributed by atoms with Gasteiger partial charge in [-0.2, -0.15) is 4.98 Å². The average Bonchev–Trinajstić information content (AvgIpc) is 3.04. The van der Waals surface area contributed by atoms with Crippen LogP contribution in [0, 0.1) is 5.92 Å². The molecule has 0 atom stereocenters. The summed E-state index contributed by atoms with van der Waals surface area (Å²) in [5.41, 5.74) is 0.931. The average molecular weight is 302 g/mol. The molecule has 6 nitrogen and oxygen atoms in total. The molecule has 1 aromatic carbocycles. The van der Waals surface area contributed by atoms with Gasteiger partial charge in [0.05, 0.1) is 6.61 Å². The van der Waals surface area contributed by atoms with Gasteiger partial charge in [-0.25, -0.2) is 0 Å². The highest BCUT2D eigenvalue weighted by Gasteiger charge is 2.19. The van der Waals surface area contributed by atoms with E-state index in [0.717, 1.165) is 44.6 Å². The third-order valence-electron chi connectivity index (χ3n) is 4.12. The van der Waals surface area contributed by atoms with E-state index in [9.17, 15) is 0 Å². The third kappa shape index (κ3) is 3.84. The SMILES string of the molecule is OCCN1CCC(CNc2noc(-c3ccccc3)n2)CC1. The molecule has 2 aromatic rings. The highest BCUT2D eigenvalue weighted by Crippen LogP contribution is 2.20. The summed E-state index contributed by atoms with van der Waals surface area (Å²) in [6.45, 7) is 3.99. The highest BCUT2D eigenvalue weighted by molar-refractivity contribution is 5.53. The molecule has 6 heteroatoms. The van der Waals surface area contributed by atoms with Crippen molar-refractivity contribution >= 4 is 5.95 Å². The lowest BCUT2D eigenvalue weighted by Gasteiger charge is -2.31. The Hall–Kier alpha value is -1.92. The normalized spacial score (nSPS) is 16.8. The van der Waals surface area contributed by atoms with E-state index in [4.69, 9.17) is 9.63 Å². The number of anilines is 1. The minimum absolute atomic E-state index is 0.244. The standard InChI is InChI=1S/C16H22N4O2/c21-11-10-20-8-6-13(7-9-20)12-17-16-18-15(22-19-16)14-4-2-1-3-5-14/h1-5,13,21H,6-12H2,(H,17,19). The minimum Gasteiger partial charge on any atom is -0.395 e. The van der Waals surface area contributed by atoms with Gasteiger partial charge in [-0.3, -0.25) is 0 Å². The summed E-state index contributed by atoms with van der Waals surface area (Å²) in [6, 6.07) is 9.77. The summed E-state index contributed by atoms with van der Waals surface area (Å²) in [5.74, 6) is 1.71. The smallest absolute Gasteiger partial charge is 0.263 e. The fourth-order valence-electron chi connectivity index (χ4n) is 2.78. The molecule has 1 saturated heterocycles. The summed E-state index contributed by atoms with van der Waals surface area (Å²) in [5, 5.41) is 16.2. The van der Waals surface area contributed by atoms with E-state index < -0.39 is 0 Å². The van der Waals surface area contributed by atoms with Gasteiger partial charge in [-0.15, -0.1) is 0 Å². The van der Waals surface area contributed by atoms with Crippen molar-refractivity contribution in [2.24, 2.45) is 5.92 Å². The monoisotopic (exact) mass is 302 g/mol. The van der Waals surface area contributed by atoms with Crippen LogP contribution in [0.5, 0.6) is 0 Å². The van der Waals surface area contributed by atoms with Gasteiger partial charge in [-0.1, -0.05) is 18.2 Å². The zero-order valence-corrected chi connectivity index (χ0v) is 12.6. The van der Waals surface area contributed by atoms with E-state index in [-0.39, 0.29) is 6.61 Å². The molecule has 118 valence electrons. The van der Waals surface area contributed by atoms with Crippen LogP contribution in [0.4, 0.5) is 5.95 Å². The number of benzene rings is 1. The molecule has 2 N–H and O–H groups in total. The first-order valence-corrected chi connectivity index (χ1v) is 7.81. The van der Waals surface area contributed by atoms with Crippen molar-refractivity contribution in [2.75, 3.05) is 38.1 Å². The van der Waals surface area contributed by atoms with Crippen LogP contribution in [0.2, 0.25) is 0 Å². The number of β-amino-alcohol motifs (C(OH)–C–C–N with tert-alkyl or cyclic N) is 1. The van der Waals surface area contributed by atoms with Gasteiger partial charge < -0.3 is 19.8 Å². The summed E-state index contributed by atoms with van der Waals surface area (Å²) >= 11 is 0. The van der Waals surface area contributed by atoms with Crippen LogP contribution in [0.1, 0.15) is 12.8 Å². The third-order valence-corrected chi connectivity index (χ3v) is 4.12. The number of likely N-dealkylation sites (tertiary alicyclic amines) is 1. The highest BCUT2D eigenvalue weighted by atomic mass is 16.5. The Bertz CT molecular complexity index is 565. The molecule has 0 spiro atoms. The largest absolute Gasteiger partial charge is 0.395 e. The lowest BCUT2D eigenvalue weighted by atomic mass is 9.97. The number of aromatic nitrogens is 2. The zero-order chi connectivity index (χ0) is 15.2. The molecule has 22 heavy (non-hydrogen) atoms. The first-order valence-electron chi connectivity index (χ1n) is 7.81. The molecule has 0 bridgehead atoms. The second-order valence-corrected chi connectivity index (χ2v) is 5.68. The number of hydrogen-bond donors (Lipinski definition) is 2. The predicted octanol–water partition coefficient (Wildman–Crippen LogP) is 1.85. The quantitative estimate of drug-likeness (QED) is 0.848. The van der Waals surface area contributed by atoms with Crippen molar-refractivity contribution in [3.8, 4) is 11.5 Å². The number of aliphatic hydroxyl groups is 1. The van der Waals surface area contributed by atoms with E-state index in [0.29, 0.717) is 17.8 Å². The Balaban J connectivity index is 1.48. The number of aliphatic hydroxyl groups excluding tert-OH is 1. The maximum absolute atomic E-state index is 8.95. The van der Waals surface area contributed by atoms with E-state index in [2.05, 4.69) is 20.4 Å². The van der Waals surface area contributed by atoms with Gasteiger partial charge in [0.25, 0.3) is 11.8 Å². The molecular weight excluding hydrogens is 280 g/mol. The first-order chi connectivity index (χ1) is 10.8. The van der Waals surface area contributed by atoms with Crippen LogP contribution in [-0.2, 0) is 0 Å². The molecular formula is C16H22N4O2. The van der Waals surface area contributed by atoms with Crippen molar-refractivity contribution in [2.45, 2.75) is 12.8 Å². The van der Waals surface area contributed by atoms with Crippen LogP contribution >= 0.6 is 0 Å². The lowest BCUT2D eigenvalue weighted by Crippen LogP contribution is -2.37. The maximum atomic E-state index is 8.95. The Morgan fingerprint density at radius 1 is 1.23 bits per heavy atom. The number of nitrogens with zero attached hydrogens (tertiary/aromatic N) is 3. The first kappa shape index (κ1) is 15.0. The fourth-order valence-corrected chi connectivity index (χ4v) is 2.78. The second-order valence-electron chi connectivity index (χ2n) is 5.68. The van der Waals surface area contributed by atoms with Crippen LogP contribution < -0.4 is 5.32 Å². The van der Waals surface area contributed by atoms with Gasteiger partial charge in [0.2, 0.25) is 0 Å². The van der Waals surface area contributed by atoms with Gasteiger partial charge in [-0.05, 0) is 49.1 Å². The zero-order valence-electron chi connectivity index (χ0n) is 12.6. The topological polar surface area (TPSA) is 74.4 Å². The summed E-state index contributed by atoms with van der Waals surface area (Å²) in [4.78, 5) is 6.68. The number of nitrogens with one attached hydrogen (secondary N) is 1. The van der Waals surface area contributed by atoms with Crippen molar-refractivity contribution in [3.63, 3.8) is 0 Å². The van der Waals surface area contributed by atoms with Crippen molar-refractivity contribution in [1.29, 1.82) is 0 Å². The van der Waals surface area contributed by atoms with Crippen LogP contribution in [0.3, 0.4) is 0 Å². The van der Waals surface area contributed by atoms with Gasteiger partial charge >= 0.3 is 0 Å². The fraction of sp³-hybridized carbons (Fsp3) is 0.500. The molecule has 2 heterocycles. The Kier molecular flexibility index (Phi) is 5.03. The summed E-state index contributed by atoms with van der Waals surface area (Å²) in [6.07, 6.45) is 2.27. The Morgan fingerprint density at radius 2 is 2.00 bits per heavy atom. The molecule has 0 radical (unpaired) electrons. The molecule has 3 rings (SSSR count). The molecule has 1 aliphatic heterocycles. The lowest BCUT2D eigenvalue weighted by molar-refractivity contribution is 0.151. The van der Waals surface area contributed by atoms with Crippen LogP contribution in [0.15, 0.2) is 34.9 Å². The summed E-state index contributed by atoms with van der Waals surface area (Å²) < 4.78 is 5.28. The maximum Gasteiger partial charge on any atom is 0.263 e. The number of piperidine rings is 1. The molecule has 1 aliphatic rings. The van der Waals surface area contributed by atoms with Gasteiger partial charge in [0.15, 0.2) is 0 Å². The Labute approximate surface area is 130 Å². The molecule has 1 aromatic heterocycles. The number of hydrogen-bond acceptors (Lipinski definition) is 6.